The smallest absolute Gasteiger partial charge is 0.307 e. The van der Waals surface area contributed by atoms with Gasteiger partial charge in [0.05, 0.1) is 16.1 Å². The quantitative estimate of drug-likeness (QED) is 0.183. The number of nitro benzene ring substituents is 2. The molecule has 0 unspecified atom stereocenters. The molecule has 0 spiro atoms. The number of non-ortho nitro benzene ring substituents is 2. The van der Waals surface area contributed by atoms with Gasteiger partial charge in [-0.25, -0.2) is 5.43 Å². The Balaban J connectivity index is 1.39. The highest BCUT2D eigenvalue weighted by Gasteiger charge is 2.16. The molecule has 0 aliphatic carbocycles. The number of para-hydroxylation sites is 1. The molecule has 37 heavy (non-hydrogen) atoms. The number of hydrogen-bond acceptors (Lipinski definition) is 7. The molecule has 0 atom stereocenters. The van der Waals surface area contributed by atoms with Crippen molar-refractivity contribution in [3.8, 4) is 0 Å². The monoisotopic (exact) mass is 497 g/mol. The molecular formula is C26H19N5O6. The van der Waals surface area contributed by atoms with Crippen molar-refractivity contribution in [2.24, 2.45) is 5.10 Å². The Labute approximate surface area is 208 Å². The Morgan fingerprint density at radius 2 is 1.70 bits per heavy atom. The zero-order valence-corrected chi connectivity index (χ0v) is 19.5. The van der Waals surface area contributed by atoms with E-state index in [1.807, 2.05) is 31.2 Å². The van der Waals surface area contributed by atoms with Gasteiger partial charge >= 0.3 is 5.91 Å². The van der Waals surface area contributed by atoms with E-state index in [9.17, 15) is 25.0 Å². The van der Waals surface area contributed by atoms with Crippen LogP contribution in [-0.4, -0.2) is 26.5 Å². The fraction of sp³-hybridized carbons (Fsp3) is 0.0769. The van der Waals surface area contributed by atoms with Crippen LogP contribution in [0.2, 0.25) is 0 Å². The molecule has 0 bridgehead atoms. The molecule has 1 N–H and O–H groups in total. The highest BCUT2D eigenvalue weighted by molar-refractivity contribution is 6.02. The number of amides is 1. The summed E-state index contributed by atoms with van der Waals surface area (Å²) in [4.78, 5) is 33.6. The lowest BCUT2D eigenvalue weighted by Crippen LogP contribution is -2.16. The summed E-state index contributed by atoms with van der Waals surface area (Å²) >= 11 is 0. The number of aromatic nitrogens is 1. The molecular weight excluding hydrogens is 478 g/mol. The number of hydrazone groups is 1. The number of nitrogens with zero attached hydrogens (tertiary/aromatic N) is 4. The average molecular weight is 497 g/mol. The predicted molar refractivity (Wildman–Crippen MR) is 137 cm³/mol. The summed E-state index contributed by atoms with van der Waals surface area (Å²) in [5, 5.41) is 27.4. The van der Waals surface area contributed by atoms with Crippen LogP contribution in [0.15, 0.2) is 82.3 Å². The number of carbonyl (C=O) groups is 1. The minimum Gasteiger partial charge on any atom is -0.451 e. The molecule has 1 amide bonds. The van der Waals surface area contributed by atoms with E-state index in [0.717, 1.165) is 27.7 Å². The Bertz CT molecular complexity index is 1720. The third-order valence-corrected chi connectivity index (χ3v) is 6.06. The van der Waals surface area contributed by atoms with Crippen molar-refractivity contribution in [2.45, 2.75) is 13.5 Å². The van der Waals surface area contributed by atoms with Gasteiger partial charge in [-0.2, -0.15) is 5.10 Å². The summed E-state index contributed by atoms with van der Waals surface area (Å²) < 4.78 is 7.58. The fourth-order valence-electron chi connectivity index (χ4n) is 4.20. The molecule has 0 saturated carbocycles. The number of nitrogens with one attached hydrogen (secondary N) is 1. The van der Waals surface area contributed by atoms with Gasteiger partial charge in [0, 0.05) is 58.4 Å². The van der Waals surface area contributed by atoms with Gasteiger partial charge in [0.2, 0.25) is 0 Å². The van der Waals surface area contributed by atoms with Crippen molar-refractivity contribution in [1.29, 1.82) is 0 Å². The van der Waals surface area contributed by atoms with Crippen LogP contribution in [0.1, 0.15) is 27.4 Å². The van der Waals surface area contributed by atoms with Crippen molar-refractivity contribution < 1.29 is 19.1 Å². The van der Waals surface area contributed by atoms with Gasteiger partial charge in [0.1, 0.15) is 5.58 Å². The van der Waals surface area contributed by atoms with Crippen LogP contribution in [0.25, 0.3) is 21.9 Å². The van der Waals surface area contributed by atoms with Crippen molar-refractivity contribution in [2.75, 3.05) is 0 Å². The SMILES string of the molecule is Cc1c(/C=N\NC(=O)c2cc3cc([N+](=O)[O-])ccc3o2)c2ccccc2n1Cc1ccc([N+](=O)[O-])cc1. The van der Waals surface area contributed by atoms with Gasteiger partial charge < -0.3 is 8.98 Å². The van der Waals surface area contributed by atoms with Crippen LogP contribution in [0.5, 0.6) is 0 Å². The standard InChI is InChI=1S/C26H19N5O6/c1-16-22(14-27-28-26(32)25-13-18-12-20(31(35)36)10-11-24(18)37-25)21-4-2-3-5-23(21)29(16)15-17-6-8-19(9-7-17)30(33)34/h2-14H,15H2,1H3,(H,28,32)/b27-14-. The molecule has 3 aromatic carbocycles. The first-order valence-electron chi connectivity index (χ1n) is 11.1. The van der Waals surface area contributed by atoms with Gasteiger partial charge in [0.15, 0.2) is 5.76 Å². The third-order valence-electron chi connectivity index (χ3n) is 6.06. The summed E-state index contributed by atoms with van der Waals surface area (Å²) in [6.45, 7) is 2.43. The normalized spacial score (nSPS) is 11.4. The summed E-state index contributed by atoms with van der Waals surface area (Å²) in [6.07, 6.45) is 1.55. The average Bonchev–Trinajstić information content (AvgIpc) is 3.43. The van der Waals surface area contributed by atoms with E-state index in [1.165, 1.54) is 36.4 Å². The molecule has 0 radical (unpaired) electrons. The highest BCUT2D eigenvalue weighted by atomic mass is 16.6. The largest absolute Gasteiger partial charge is 0.451 e. The van der Waals surface area contributed by atoms with Crippen molar-refractivity contribution >= 4 is 45.4 Å². The number of fused-ring (bicyclic) bond motifs is 2. The predicted octanol–water partition coefficient (Wildman–Crippen LogP) is 5.32. The second-order valence-electron chi connectivity index (χ2n) is 8.31. The summed E-state index contributed by atoms with van der Waals surface area (Å²) in [6, 6.07) is 19.7. The van der Waals surface area contributed by atoms with Gasteiger partial charge in [-0.05, 0) is 30.7 Å². The lowest BCUT2D eigenvalue weighted by atomic mass is 10.1. The van der Waals surface area contributed by atoms with Crippen molar-refractivity contribution in [1.82, 2.24) is 9.99 Å². The lowest BCUT2D eigenvalue weighted by molar-refractivity contribution is -0.385. The van der Waals surface area contributed by atoms with E-state index in [-0.39, 0.29) is 17.1 Å². The first kappa shape index (κ1) is 23.4. The molecule has 0 aliphatic heterocycles. The Hall–Kier alpha value is -5.32. The van der Waals surface area contributed by atoms with E-state index < -0.39 is 15.8 Å². The highest BCUT2D eigenvalue weighted by Crippen LogP contribution is 2.27. The van der Waals surface area contributed by atoms with Gasteiger partial charge in [-0.3, -0.25) is 25.0 Å². The number of carbonyl (C=O) groups excluding carboxylic acids is 1. The van der Waals surface area contributed by atoms with E-state index in [2.05, 4.69) is 15.1 Å². The van der Waals surface area contributed by atoms with Crippen LogP contribution in [0, 0.1) is 27.2 Å². The second-order valence-corrected chi connectivity index (χ2v) is 8.31. The Kier molecular flexibility index (Phi) is 5.94. The van der Waals surface area contributed by atoms with E-state index >= 15 is 0 Å². The molecule has 184 valence electrons. The number of furan rings is 1. The summed E-state index contributed by atoms with van der Waals surface area (Å²) in [7, 11) is 0. The maximum absolute atomic E-state index is 12.6. The number of benzene rings is 3. The molecule has 5 rings (SSSR count). The molecule has 5 aromatic rings. The lowest BCUT2D eigenvalue weighted by Gasteiger charge is -2.08. The van der Waals surface area contributed by atoms with Crippen LogP contribution in [0.4, 0.5) is 11.4 Å². The first-order chi connectivity index (χ1) is 17.8. The van der Waals surface area contributed by atoms with E-state index in [4.69, 9.17) is 4.42 Å². The number of rotatable bonds is 7. The second kappa shape index (κ2) is 9.38. The Morgan fingerprint density at radius 1 is 1.00 bits per heavy atom. The first-order valence-corrected chi connectivity index (χ1v) is 11.1. The maximum atomic E-state index is 12.6. The zero-order valence-electron chi connectivity index (χ0n) is 19.5. The minimum atomic E-state index is -0.595. The van der Waals surface area contributed by atoms with Gasteiger partial charge in [-0.15, -0.1) is 0 Å². The minimum absolute atomic E-state index is 0.0232. The van der Waals surface area contributed by atoms with Crippen molar-refractivity contribution in [3.63, 3.8) is 0 Å². The van der Waals surface area contributed by atoms with Crippen molar-refractivity contribution in [3.05, 3.63) is 116 Å². The number of nitro groups is 2. The molecule has 2 heterocycles. The summed E-state index contributed by atoms with van der Waals surface area (Å²) in [5.41, 5.74) is 6.28. The van der Waals surface area contributed by atoms with Gasteiger partial charge in [-0.1, -0.05) is 30.3 Å². The van der Waals surface area contributed by atoms with Crippen LogP contribution < -0.4 is 5.43 Å². The van der Waals surface area contributed by atoms with Crippen LogP contribution in [-0.2, 0) is 6.54 Å². The molecule has 0 aliphatic rings. The fourth-order valence-corrected chi connectivity index (χ4v) is 4.20. The van der Waals surface area contributed by atoms with Crippen LogP contribution in [0.3, 0.4) is 0 Å². The number of hydrogen-bond donors (Lipinski definition) is 1. The van der Waals surface area contributed by atoms with E-state index in [0.29, 0.717) is 17.5 Å². The zero-order chi connectivity index (χ0) is 26.1. The maximum Gasteiger partial charge on any atom is 0.307 e. The third kappa shape index (κ3) is 4.52. The molecule has 11 heteroatoms. The van der Waals surface area contributed by atoms with E-state index in [1.54, 1.807) is 18.3 Å². The molecule has 0 saturated heterocycles. The molecule has 2 aromatic heterocycles. The topological polar surface area (TPSA) is 146 Å². The summed E-state index contributed by atoms with van der Waals surface area (Å²) in [5.74, 6) is -0.618. The molecule has 11 nitrogen and oxygen atoms in total. The molecule has 0 fully saturated rings. The van der Waals surface area contributed by atoms with Gasteiger partial charge in [0.25, 0.3) is 11.4 Å². The van der Waals surface area contributed by atoms with Crippen LogP contribution >= 0.6 is 0 Å². The Morgan fingerprint density at radius 3 is 2.43 bits per heavy atom.